The number of nitrogens with one attached hydrogen (secondary N) is 2. The standard InChI is InChI=1S/C18H19N3O4/c1-3-25-14-8-6-7-13(11-14)12-19-21-18(23)17(22)20-15-9-4-5-10-16(15)24-2/h4-12H,3H2,1-2H3,(H,20,22)(H,21,23)/b19-12-. The zero-order chi connectivity index (χ0) is 18.1. The summed E-state index contributed by atoms with van der Waals surface area (Å²) >= 11 is 0. The van der Waals surface area contributed by atoms with Gasteiger partial charge in [-0.05, 0) is 36.8 Å². The van der Waals surface area contributed by atoms with Gasteiger partial charge < -0.3 is 14.8 Å². The molecule has 0 heterocycles. The minimum Gasteiger partial charge on any atom is -0.495 e. The molecular weight excluding hydrogens is 322 g/mol. The Hall–Kier alpha value is -3.35. The van der Waals surface area contributed by atoms with Crippen molar-refractivity contribution in [1.82, 2.24) is 5.43 Å². The van der Waals surface area contributed by atoms with E-state index in [4.69, 9.17) is 9.47 Å². The van der Waals surface area contributed by atoms with Gasteiger partial charge in [-0.25, -0.2) is 5.43 Å². The molecule has 0 aromatic heterocycles. The summed E-state index contributed by atoms with van der Waals surface area (Å²) in [5, 5.41) is 6.24. The van der Waals surface area contributed by atoms with Crippen molar-refractivity contribution in [2.45, 2.75) is 6.92 Å². The van der Waals surface area contributed by atoms with Gasteiger partial charge in [-0.15, -0.1) is 0 Å². The van der Waals surface area contributed by atoms with Gasteiger partial charge in [-0.3, -0.25) is 9.59 Å². The quantitative estimate of drug-likeness (QED) is 0.479. The van der Waals surface area contributed by atoms with E-state index in [-0.39, 0.29) is 0 Å². The van der Waals surface area contributed by atoms with Crippen molar-refractivity contribution < 1.29 is 19.1 Å². The Labute approximate surface area is 145 Å². The first kappa shape index (κ1) is 18.0. The van der Waals surface area contributed by atoms with Crippen molar-refractivity contribution in [3.05, 3.63) is 54.1 Å². The lowest BCUT2D eigenvalue weighted by Gasteiger charge is -2.08. The summed E-state index contributed by atoms with van der Waals surface area (Å²) in [5.41, 5.74) is 3.31. The van der Waals surface area contributed by atoms with E-state index in [2.05, 4.69) is 15.8 Å². The van der Waals surface area contributed by atoms with Crippen LogP contribution in [-0.2, 0) is 9.59 Å². The number of para-hydroxylation sites is 2. The number of rotatable bonds is 6. The normalized spacial score (nSPS) is 10.3. The lowest BCUT2D eigenvalue weighted by atomic mass is 10.2. The summed E-state index contributed by atoms with van der Waals surface area (Å²) < 4.78 is 10.5. The van der Waals surface area contributed by atoms with Gasteiger partial charge in [0, 0.05) is 0 Å². The monoisotopic (exact) mass is 341 g/mol. The topological polar surface area (TPSA) is 89.0 Å². The van der Waals surface area contributed by atoms with E-state index in [1.165, 1.54) is 13.3 Å². The maximum Gasteiger partial charge on any atom is 0.329 e. The van der Waals surface area contributed by atoms with Crippen molar-refractivity contribution in [2.24, 2.45) is 5.10 Å². The summed E-state index contributed by atoms with van der Waals surface area (Å²) in [4.78, 5) is 23.7. The van der Waals surface area contributed by atoms with E-state index in [1.807, 2.05) is 19.1 Å². The van der Waals surface area contributed by atoms with Crippen LogP contribution in [0.2, 0.25) is 0 Å². The molecule has 7 nitrogen and oxygen atoms in total. The molecule has 0 fully saturated rings. The number of hydrazone groups is 1. The van der Waals surface area contributed by atoms with Crippen LogP contribution >= 0.6 is 0 Å². The maximum absolute atomic E-state index is 11.9. The summed E-state index contributed by atoms with van der Waals surface area (Å²) in [5.74, 6) is -0.570. The minimum absolute atomic E-state index is 0.401. The van der Waals surface area contributed by atoms with E-state index in [1.54, 1.807) is 36.4 Å². The van der Waals surface area contributed by atoms with Gasteiger partial charge in [0.2, 0.25) is 0 Å². The molecule has 0 saturated carbocycles. The van der Waals surface area contributed by atoms with Crippen LogP contribution in [0.4, 0.5) is 5.69 Å². The molecular formula is C18H19N3O4. The fourth-order valence-electron chi connectivity index (χ4n) is 1.99. The average Bonchev–Trinajstić information content (AvgIpc) is 2.62. The molecule has 0 saturated heterocycles. The highest BCUT2D eigenvalue weighted by Crippen LogP contribution is 2.22. The molecule has 0 aliphatic heterocycles. The van der Waals surface area contributed by atoms with Crippen molar-refractivity contribution in [3.63, 3.8) is 0 Å². The van der Waals surface area contributed by atoms with Crippen LogP contribution in [-0.4, -0.2) is 31.7 Å². The number of anilines is 1. The van der Waals surface area contributed by atoms with Crippen LogP contribution in [0.15, 0.2) is 53.6 Å². The molecule has 130 valence electrons. The largest absolute Gasteiger partial charge is 0.495 e. The van der Waals surface area contributed by atoms with Crippen LogP contribution in [0.3, 0.4) is 0 Å². The average molecular weight is 341 g/mol. The molecule has 0 bridgehead atoms. The van der Waals surface area contributed by atoms with Gasteiger partial charge in [0.1, 0.15) is 11.5 Å². The molecule has 0 aliphatic carbocycles. The number of ether oxygens (including phenoxy) is 2. The van der Waals surface area contributed by atoms with Crippen LogP contribution in [0.1, 0.15) is 12.5 Å². The highest BCUT2D eigenvalue weighted by Gasteiger charge is 2.14. The number of carbonyl (C=O) groups is 2. The number of hydrogen-bond acceptors (Lipinski definition) is 5. The van der Waals surface area contributed by atoms with Gasteiger partial charge in [0.05, 0.1) is 25.6 Å². The lowest BCUT2D eigenvalue weighted by Crippen LogP contribution is -2.32. The first-order valence-corrected chi connectivity index (χ1v) is 7.64. The fraction of sp³-hybridized carbons (Fsp3) is 0.167. The number of methoxy groups -OCH3 is 1. The van der Waals surface area contributed by atoms with Crippen molar-refractivity contribution >= 4 is 23.7 Å². The molecule has 2 aromatic carbocycles. The Morgan fingerprint density at radius 2 is 1.92 bits per heavy atom. The number of benzene rings is 2. The third-order valence-corrected chi connectivity index (χ3v) is 3.11. The van der Waals surface area contributed by atoms with E-state index in [0.29, 0.717) is 23.8 Å². The second-order valence-corrected chi connectivity index (χ2v) is 4.86. The molecule has 0 aliphatic rings. The zero-order valence-corrected chi connectivity index (χ0v) is 14.0. The molecule has 0 radical (unpaired) electrons. The summed E-state index contributed by atoms with van der Waals surface area (Å²) in [7, 11) is 1.48. The van der Waals surface area contributed by atoms with Gasteiger partial charge in [-0.1, -0.05) is 24.3 Å². The molecule has 2 aromatic rings. The minimum atomic E-state index is -0.886. The first-order valence-electron chi connectivity index (χ1n) is 7.64. The Morgan fingerprint density at radius 1 is 1.12 bits per heavy atom. The molecule has 25 heavy (non-hydrogen) atoms. The molecule has 2 amide bonds. The smallest absolute Gasteiger partial charge is 0.329 e. The number of hydrogen-bond donors (Lipinski definition) is 2. The third kappa shape index (κ3) is 5.35. The molecule has 0 spiro atoms. The van der Waals surface area contributed by atoms with E-state index in [9.17, 15) is 9.59 Å². The van der Waals surface area contributed by atoms with E-state index in [0.717, 1.165) is 5.56 Å². The van der Waals surface area contributed by atoms with Crippen LogP contribution in [0.25, 0.3) is 0 Å². The van der Waals surface area contributed by atoms with Crippen molar-refractivity contribution in [1.29, 1.82) is 0 Å². The molecule has 2 N–H and O–H groups in total. The number of amides is 2. The Kier molecular flexibility index (Phi) is 6.53. The second-order valence-electron chi connectivity index (χ2n) is 4.86. The van der Waals surface area contributed by atoms with Crippen molar-refractivity contribution in [2.75, 3.05) is 19.0 Å². The van der Waals surface area contributed by atoms with Crippen molar-refractivity contribution in [3.8, 4) is 11.5 Å². The summed E-state index contributed by atoms with van der Waals surface area (Å²) in [6.07, 6.45) is 1.43. The van der Waals surface area contributed by atoms with Gasteiger partial charge in [-0.2, -0.15) is 5.10 Å². The van der Waals surface area contributed by atoms with Crippen LogP contribution in [0.5, 0.6) is 11.5 Å². The van der Waals surface area contributed by atoms with Crippen LogP contribution < -0.4 is 20.2 Å². The van der Waals surface area contributed by atoms with Gasteiger partial charge in [0.25, 0.3) is 0 Å². The highest BCUT2D eigenvalue weighted by atomic mass is 16.5. The maximum atomic E-state index is 11.9. The zero-order valence-electron chi connectivity index (χ0n) is 14.0. The van der Waals surface area contributed by atoms with Gasteiger partial charge in [0.15, 0.2) is 0 Å². The molecule has 0 unspecified atom stereocenters. The molecule has 7 heteroatoms. The SMILES string of the molecule is CCOc1cccc(/C=N\NC(=O)C(=O)Nc2ccccc2OC)c1. The Bertz CT molecular complexity index is 774. The lowest BCUT2D eigenvalue weighted by molar-refractivity contribution is -0.136. The predicted octanol–water partition coefficient (Wildman–Crippen LogP) is 2.18. The predicted molar refractivity (Wildman–Crippen MR) is 95.0 cm³/mol. The van der Waals surface area contributed by atoms with Gasteiger partial charge >= 0.3 is 11.8 Å². The van der Waals surface area contributed by atoms with E-state index >= 15 is 0 Å². The number of nitrogens with zero attached hydrogens (tertiary/aromatic N) is 1. The highest BCUT2D eigenvalue weighted by molar-refractivity contribution is 6.39. The fourth-order valence-corrected chi connectivity index (χ4v) is 1.99. The van der Waals surface area contributed by atoms with Crippen LogP contribution in [0, 0.1) is 0 Å². The van der Waals surface area contributed by atoms with E-state index < -0.39 is 11.8 Å². The summed E-state index contributed by atoms with van der Waals surface area (Å²) in [6.45, 7) is 2.45. The first-order chi connectivity index (χ1) is 12.1. The molecule has 0 atom stereocenters. The molecule has 2 rings (SSSR count). The third-order valence-electron chi connectivity index (χ3n) is 3.11. The number of carbonyl (C=O) groups excluding carboxylic acids is 2. The summed E-state index contributed by atoms with van der Waals surface area (Å²) in [6, 6.07) is 14.0. The second kappa shape index (κ2) is 9.07. The Balaban J connectivity index is 1.93. The Morgan fingerprint density at radius 3 is 2.68 bits per heavy atom.